The van der Waals surface area contributed by atoms with Gasteiger partial charge in [0, 0.05) is 31.4 Å². The molecule has 0 aromatic heterocycles. The van der Waals surface area contributed by atoms with E-state index in [1.807, 2.05) is 6.07 Å². The van der Waals surface area contributed by atoms with E-state index >= 15 is 0 Å². The third-order valence-corrected chi connectivity index (χ3v) is 9.26. The Morgan fingerprint density at radius 3 is 2.82 bits per heavy atom. The van der Waals surface area contributed by atoms with E-state index in [0.29, 0.717) is 29.8 Å². The van der Waals surface area contributed by atoms with Gasteiger partial charge < -0.3 is 10.1 Å². The van der Waals surface area contributed by atoms with Gasteiger partial charge in [-0.15, -0.1) is 0 Å². The highest BCUT2D eigenvalue weighted by Gasteiger charge is 2.67. The molecule has 3 aliphatic heterocycles. The lowest BCUT2D eigenvalue weighted by Gasteiger charge is -2.34. The van der Waals surface area contributed by atoms with E-state index in [9.17, 15) is 4.79 Å². The molecule has 2 saturated carbocycles. The van der Waals surface area contributed by atoms with Crippen LogP contribution in [0.3, 0.4) is 0 Å². The fourth-order valence-corrected chi connectivity index (χ4v) is 7.46. The van der Waals surface area contributed by atoms with Crippen LogP contribution >= 0.6 is 0 Å². The third kappa shape index (κ3) is 3.34. The van der Waals surface area contributed by atoms with E-state index < -0.39 is 0 Å². The van der Waals surface area contributed by atoms with Crippen molar-refractivity contribution in [2.75, 3.05) is 31.6 Å². The Hall–Kier alpha value is -2.25. The number of hydrazine groups is 1. The van der Waals surface area contributed by atoms with Gasteiger partial charge in [0.25, 0.3) is 0 Å². The molecule has 6 atom stereocenters. The molecule has 4 unspecified atom stereocenters. The van der Waals surface area contributed by atoms with Crippen LogP contribution in [-0.4, -0.2) is 43.2 Å². The molecule has 178 valence electrons. The Kier molecular flexibility index (Phi) is 5.06. The number of hydrogen-bond donors (Lipinski definition) is 3. The molecule has 2 aromatic carbocycles. The van der Waals surface area contributed by atoms with E-state index in [1.165, 1.54) is 29.5 Å². The van der Waals surface area contributed by atoms with Crippen LogP contribution in [-0.2, 0) is 21.5 Å². The van der Waals surface area contributed by atoms with E-state index in [0.717, 1.165) is 51.4 Å². The minimum Gasteiger partial charge on any atom is -0.379 e. The van der Waals surface area contributed by atoms with Crippen LogP contribution in [0.1, 0.15) is 48.4 Å². The topological polar surface area (TPSA) is 65.6 Å². The van der Waals surface area contributed by atoms with Gasteiger partial charge in [-0.1, -0.05) is 42.5 Å². The number of rotatable bonds is 4. The summed E-state index contributed by atoms with van der Waals surface area (Å²) in [6.07, 6.45) is 4.60. The van der Waals surface area contributed by atoms with Crippen molar-refractivity contribution >= 4 is 11.6 Å². The molecule has 6 nitrogen and oxygen atoms in total. The van der Waals surface area contributed by atoms with Crippen molar-refractivity contribution in [3.63, 3.8) is 0 Å². The highest BCUT2D eigenvalue weighted by Crippen LogP contribution is 2.65. The normalized spacial score (nSPS) is 36.8. The van der Waals surface area contributed by atoms with Gasteiger partial charge >= 0.3 is 0 Å². The van der Waals surface area contributed by atoms with Gasteiger partial charge in [-0.25, -0.2) is 5.43 Å². The molecule has 2 aromatic rings. The van der Waals surface area contributed by atoms with Gasteiger partial charge in [-0.05, 0) is 66.2 Å². The second-order valence-electron chi connectivity index (χ2n) is 11.0. The summed E-state index contributed by atoms with van der Waals surface area (Å²) in [4.78, 5) is 15.4. The average molecular weight is 459 g/mol. The van der Waals surface area contributed by atoms with Crippen LogP contribution in [0.5, 0.6) is 0 Å². The highest BCUT2D eigenvalue weighted by molar-refractivity contribution is 6.08. The Bertz CT molecular complexity index is 1100. The van der Waals surface area contributed by atoms with Crippen molar-refractivity contribution in [1.29, 1.82) is 0 Å². The first-order valence-electron chi connectivity index (χ1n) is 13.0. The number of fused-ring (bicyclic) bond motifs is 3. The molecule has 6 heteroatoms. The van der Waals surface area contributed by atoms with Gasteiger partial charge in [0.15, 0.2) is 0 Å². The van der Waals surface area contributed by atoms with Gasteiger partial charge in [0.05, 0.1) is 24.7 Å². The Labute approximate surface area is 201 Å². The summed E-state index contributed by atoms with van der Waals surface area (Å²) in [6.45, 7) is 4.72. The number of amides is 1. The molecular formula is C28H34N4O2. The van der Waals surface area contributed by atoms with Gasteiger partial charge in [-0.3, -0.25) is 15.1 Å². The van der Waals surface area contributed by atoms with E-state index in [1.54, 1.807) is 0 Å². The molecule has 1 amide bonds. The smallest absolute Gasteiger partial charge is 0.235 e. The first-order valence-corrected chi connectivity index (χ1v) is 13.0. The number of carbonyl (C=O) groups excluding carboxylic acids is 1. The number of benzene rings is 2. The Morgan fingerprint density at radius 2 is 1.91 bits per heavy atom. The molecule has 5 aliphatic rings. The lowest BCUT2D eigenvalue weighted by atomic mass is 9.72. The number of morpholine rings is 1. The number of para-hydroxylation sites is 1. The zero-order valence-corrected chi connectivity index (χ0v) is 19.6. The maximum absolute atomic E-state index is 13.0. The van der Waals surface area contributed by atoms with Crippen molar-refractivity contribution in [1.82, 2.24) is 15.8 Å². The van der Waals surface area contributed by atoms with Crippen molar-refractivity contribution in [2.24, 2.45) is 17.8 Å². The molecule has 3 N–H and O–H groups in total. The van der Waals surface area contributed by atoms with Crippen molar-refractivity contribution in [3.8, 4) is 0 Å². The molecule has 4 fully saturated rings. The van der Waals surface area contributed by atoms with Crippen molar-refractivity contribution < 1.29 is 9.53 Å². The van der Waals surface area contributed by atoms with Gasteiger partial charge in [-0.2, -0.15) is 0 Å². The quantitative estimate of drug-likeness (QED) is 0.656. The second-order valence-corrected chi connectivity index (χ2v) is 11.0. The summed E-state index contributed by atoms with van der Waals surface area (Å²) in [5.41, 5.74) is 12.1. The van der Waals surface area contributed by atoms with Crippen LogP contribution in [0, 0.1) is 17.8 Å². The molecule has 2 aliphatic carbocycles. The Morgan fingerprint density at radius 1 is 1.03 bits per heavy atom. The molecular weight excluding hydrogens is 424 g/mol. The summed E-state index contributed by atoms with van der Waals surface area (Å²) in [5.74, 6) is 1.93. The van der Waals surface area contributed by atoms with E-state index in [4.69, 9.17) is 4.74 Å². The summed E-state index contributed by atoms with van der Waals surface area (Å²) in [5, 5.41) is 3.15. The standard InChI is InChI=1S/C28H34N4O2/c33-27-28(22-6-1-2-7-24(22)29-27)16-23(28)19-8-9-21-25(15-19)30-31-26(21)20-5-3-4-18(14-20)17-32-10-12-34-13-11-32/h1-7,14,19,21,23,25-26,30-31H,8-13,15-17H2,(H,29,33)/t19?,21?,23-,25?,26?,28-/m0/s1. The number of ether oxygens (including phenoxy) is 1. The average Bonchev–Trinajstić information content (AvgIpc) is 3.39. The predicted molar refractivity (Wildman–Crippen MR) is 131 cm³/mol. The lowest BCUT2D eigenvalue weighted by Crippen LogP contribution is -2.37. The number of anilines is 1. The molecule has 2 saturated heterocycles. The summed E-state index contributed by atoms with van der Waals surface area (Å²) >= 11 is 0. The van der Waals surface area contributed by atoms with E-state index in [-0.39, 0.29) is 11.3 Å². The molecule has 34 heavy (non-hydrogen) atoms. The number of carbonyl (C=O) groups is 1. The van der Waals surface area contributed by atoms with Crippen LogP contribution in [0.4, 0.5) is 5.69 Å². The fraction of sp³-hybridized carbons (Fsp3) is 0.536. The predicted octanol–water partition coefficient (Wildman–Crippen LogP) is 3.36. The molecule has 0 bridgehead atoms. The van der Waals surface area contributed by atoms with E-state index in [2.05, 4.69) is 63.5 Å². The van der Waals surface area contributed by atoms with Gasteiger partial charge in [0.1, 0.15) is 0 Å². The highest BCUT2D eigenvalue weighted by atomic mass is 16.5. The zero-order chi connectivity index (χ0) is 22.7. The monoisotopic (exact) mass is 458 g/mol. The number of nitrogens with one attached hydrogen (secondary N) is 3. The maximum Gasteiger partial charge on any atom is 0.235 e. The van der Waals surface area contributed by atoms with Crippen LogP contribution in [0.25, 0.3) is 0 Å². The minimum atomic E-state index is -0.257. The molecule has 1 spiro atoms. The minimum absolute atomic E-state index is 0.230. The fourth-order valence-electron chi connectivity index (χ4n) is 7.46. The molecule has 0 radical (unpaired) electrons. The van der Waals surface area contributed by atoms with Crippen LogP contribution < -0.4 is 16.2 Å². The Balaban J connectivity index is 1.03. The number of nitrogens with zero attached hydrogens (tertiary/aromatic N) is 1. The van der Waals surface area contributed by atoms with Crippen LogP contribution in [0.15, 0.2) is 48.5 Å². The first-order chi connectivity index (χ1) is 16.7. The summed E-state index contributed by atoms with van der Waals surface area (Å²) in [7, 11) is 0. The first kappa shape index (κ1) is 21.1. The van der Waals surface area contributed by atoms with Crippen LogP contribution in [0.2, 0.25) is 0 Å². The zero-order valence-electron chi connectivity index (χ0n) is 19.6. The van der Waals surface area contributed by atoms with Crippen molar-refractivity contribution in [3.05, 3.63) is 65.2 Å². The SMILES string of the molecule is O=C1Nc2ccccc2[C@]12C[C@H]2C1CCC2C(C1)NNC2c1cccc(CN2CCOCC2)c1. The number of hydrogen-bond acceptors (Lipinski definition) is 5. The lowest BCUT2D eigenvalue weighted by molar-refractivity contribution is -0.118. The molecule has 3 heterocycles. The van der Waals surface area contributed by atoms with Crippen molar-refractivity contribution in [2.45, 2.75) is 49.7 Å². The molecule has 7 rings (SSSR count). The summed E-state index contributed by atoms with van der Waals surface area (Å²) in [6, 6.07) is 18.3. The third-order valence-electron chi connectivity index (χ3n) is 9.26. The maximum atomic E-state index is 13.0. The summed E-state index contributed by atoms with van der Waals surface area (Å²) < 4.78 is 5.50. The second kappa shape index (κ2) is 8.16. The van der Waals surface area contributed by atoms with Gasteiger partial charge in [0.2, 0.25) is 5.91 Å². The largest absolute Gasteiger partial charge is 0.379 e.